The molecular formula is C16H16N2O4. The van der Waals surface area contributed by atoms with Crippen molar-refractivity contribution in [1.82, 2.24) is 4.57 Å². The summed E-state index contributed by atoms with van der Waals surface area (Å²) in [6, 6.07) is 7.75. The van der Waals surface area contributed by atoms with Gasteiger partial charge in [-0.2, -0.15) is 0 Å². The molecule has 1 fully saturated rings. The lowest BCUT2D eigenvalue weighted by Gasteiger charge is -2.29. The molecule has 1 aromatic carbocycles. The maximum atomic E-state index is 11.8. The third-order valence-corrected chi connectivity index (χ3v) is 3.39. The van der Waals surface area contributed by atoms with Crippen LogP contribution in [0, 0.1) is 0 Å². The zero-order chi connectivity index (χ0) is 15.9. The molecule has 114 valence electrons. The lowest BCUT2D eigenvalue weighted by Crippen LogP contribution is -2.42. The van der Waals surface area contributed by atoms with Gasteiger partial charge < -0.3 is 19.4 Å². The molecule has 1 aromatic heterocycles. The van der Waals surface area contributed by atoms with Crippen molar-refractivity contribution in [2.75, 3.05) is 5.32 Å². The van der Waals surface area contributed by atoms with Crippen LogP contribution in [0.1, 0.15) is 13.8 Å². The Kier molecular flexibility index (Phi) is 3.16. The molecule has 0 atom stereocenters. The number of carbonyl (C=O) groups excluding carboxylic acids is 2. The van der Waals surface area contributed by atoms with Gasteiger partial charge in [0.2, 0.25) is 0 Å². The number of nitrogens with zero attached hydrogens (tertiary/aromatic N) is 1. The number of aromatic nitrogens is 1. The molecule has 0 aliphatic carbocycles. The predicted molar refractivity (Wildman–Crippen MR) is 80.9 cm³/mol. The first-order chi connectivity index (χ1) is 10.4. The summed E-state index contributed by atoms with van der Waals surface area (Å²) in [7, 11) is 1.95. The van der Waals surface area contributed by atoms with Gasteiger partial charge in [-0.3, -0.25) is 0 Å². The second-order valence-electron chi connectivity index (χ2n) is 5.58. The van der Waals surface area contributed by atoms with Crippen molar-refractivity contribution in [3.8, 4) is 0 Å². The minimum atomic E-state index is -1.23. The highest BCUT2D eigenvalue weighted by atomic mass is 16.7. The van der Waals surface area contributed by atoms with Gasteiger partial charge in [0.25, 0.3) is 5.79 Å². The summed E-state index contributed by atoms with van der Waals surface area (Å²) in [6.07, 6.45) is 3.27. The Balaban J connectivity index is 1.84. The summed E-state index contributed by atoms with van der Waals surface area (Å²) < 4.78 is 12.0. The van der Waals surface area contributed by atoms with Crippen molar-refractivity contribution >= 4 is 28.5 Å². The Morgan fingerprint density at radius 1 is 1.14 bits per heavy atom. The SMILES string of the molecule is Cn1ccc2ccc(NC=C3C(=O)OC(C)(C)OC3=O)cc21. The molecule has 6 heteroatoms. The van der Waals surface area contributed by atoms with Crippen LogP contribution < -0.4 is 5.32 Å². The van der Waals surface area contributed by atoms with Gasteiger partial charge >= 0.3 is 11.9 Å². The van der Waals surface area contributed by atoms with E-state index in [-0.39, 0.29) is 5.57 Å². The molecule has 1 saturated heterocycles. The average Bonchev–Trinajstić information content (AvgIpc) is 2.78. The largest absolute Gasteiger partial charge is 0.419 e. The summed E-state index contributed by atoms with van der Waals surface area (Å²) in [5, 5.41) is 4.04. The minimum absolute atomic E-state index is 0.161. The third-order valence-electron chi connectivity index (χ3n) is 3.39. The normalized spacial score (nSPS) is 17.1. The number of rotatable bonds is 2. The first-order valence-corrected chi connectivity index (χ1v) is 6.84. The zero-order valence-corrected chi connectivity index (χ0v) is 12.5. The molecule has 6 nitrogen and oxygen atoms in total. The monoisotopic (exact) mass is 300 g/mol. The number of carbonyl (C=O) groups is 2. The first kappa shape index (κ1) is 14.2. The van der Waals surface area contributed by atoms with Crippen LogP contribution in [0.25, 0.3) is 10.9 Å². The maximum Gasteiger partial charge on any atom is 0.350 e. The first-order valence-electron chi connectivity index (χ1n) is 6.84. The van der Waals surface area contributed by atoms with Gasteiger partial charge in [0.1, 0.15) is 0 Å². The quantitative estimate of drug-likeness (QED) is 0.523. The van der Waals surface area contributed by atoms with Crippen LogP contribution in [-0.2, 0) is 26.1 Å². The highest BCUT2D eigenvalue weighted by molar-refractivity contribution is 6.15. The van der Waals surface area contributed by atoms with Gasteiger partial charge in [-0.1, -0.05) is 6.07 Å². The van der Waals surface area contributed by atoms with Crippen LogP contribution in [0.3, 0.4) is 0 Å². The van der Waals surface area contributed by atoms with E-state index in [1.54, 1.807) is 0 Å². The molecule has 1 N–H and O–H groups in total. The number of aryl methyl sites for hydroxylation is 1. The molecular weight excluding hydrogens is 284 g/mol. The number of ether oxygens (including phenoxy) is 2. The molecule has 2 aromatic rings. The number of benzene rings is 1. The van der Waals surface area contributed by atoms with Crippen molar-refractivity contribution < 1.29 is 19.1 Å². The van der Waals surface area contributed by atoms with E-state index >= 15 is 0 Å². The molecule has 0 spiro atoms. The van der Waals surface area contributed by atoms with Crippen LogP contribution in [0.15, 0.2) is 42.2 Å². The van der Waals surface area contributed by atoms with E-state index in [9.17, 15) is 9.59 Å². The highest BCUT2D eigenvalue weighted by Crippen LogP contribution is 2.23. The van der Waals surface area contributed by atoms with Crippen LogP contribution in [0.4, 0.5) is 5.69 Å². The van der Waals surface area contributed by atoms with Crippen LogP contribution >= 0.6 is 0 Å². The minimum Gasteiger partial charge on any atom is -0.419 e. The van der Waals surface area contributed by atoms with E-state index in [1.165, 1.54) is 20.0 Å². The smallest absolute Gasteiger partial charge is 0.350 e. The summed E-state index contributed by atoms with van der Waals surface area (Å²) in [5.41, 5.74) is 1.64. The van der Waals surface area contributed by atoms with Crippen molar-refractivity contribution in [3.05, 3.63) is 42.2 Å². The molecule has 0 unspecified atom stereocenters. The Morgan fingerprint density at radius 3 is 2.50 bits per heavy atom. The second kappa shape index (κ2) is 4.91. The van der Waals surface area contributed by atoms with Crippen molar-refractivity contribution in [1.29, 1.82) is 0 Å². The number of hydrogen-bond donors (Lipinski definition) is 1. The Morgan fingerprint density at radius 2 is 1.82 bits per heavy atom. The Bertz CT molecular complexity index is 780. The standard InChI is InChI=1S/C16H16N2O4/c1-16(2)21-14(19)12(15(20)22-16)9-17-11-5-4-10-6-7-18(3)13(10)8-11/h4-9,17H,1-3H3. The second-order valence-corrected chi connectivity index (χ2v) is 5.58. The van der Waals surface area contributed by atoms with E-state index in [2.05, 4.69) is 5.32 Å². The summed E-state index contributed by atoms with van der Waals surface area (Å²) >= 11 is 0. The molecule has 0 radical (unpaired) electrons. The molecule has 0 bridgehead atoms. The molecule has 1 aliphatic heterocycles. The summed E-state index contributed by atoms with van der Waals surface area (Å²) in [6.45, 7) is 3.02. The van der Waals surface area contributed by atoms with Crippen molar-refractivity contribution in [3.63, 3.8) is 0 Å². The number of anilines is 1. The fourth-order valence-corrected chi connectivity index (χ4v) is 2.29. The molecule has 0 saturated carbocycles. The van der Waals surface area contributed by atoms with Crippen LogP contribution in [0.5, 0.6) is 0 Å². The predicted octanol–water partition coefficient (Wildman–Crippen LogP) is 2.31. The van der Waals surface area contributed by atoms with Gasteiger partial charge in [-0.15, -0.1) is 0 Å². The van der Waals surface area contributed by atoms with Gasteiger partial charge in [0.05, 0.1) is 0 Å². The maximum absolute atomic E-state index is 11.8. The van der Waals surface area contributed by atoms with E-state index in [0.717, 1.165) is 16.6 Å². The molecule has 2 heterocycles. The van der Waals surface area contributed by atoms with Gasteiger partial charge in [-0.05, 0) is 23.6 Å². The van der Waals surface area contributed by atoms with Gasteiger partial charge in [0, 0.05) is 44.5 Å². The van der Waals surface area contributed by atoms with Gasteiger partial charge in [-0.25, -0.2) is 9.59 Å². The molecule has 1 aliphatic rings. The molecule has 0 amide bonds. The highest BCUT2D eigenvalue weighted by Gasteiger charge is 2.38. The molecule has 22 heavy (non-hydrogen) atoms. The number of hydrogen-bond acceptors (Lipinski definition) is 5. The van der Waals surface area contributed by atoms with E-state index in [0.29, 0.717) is 0 Å². The summed E-state index contributed by atoms with van der Waals surface area (Å²) in [5.74, 6) is -2.63. The number of cyclic esters (lactones) is 2. The number of fused-ring (bicyclic) bond motifs is 1. The lowest BCUT2D eigenvalue weighted by atomic mass is 10.2. The van der Waals surface area contributed by atoms with Crippen molar-refractivity contribution in [2.45, 2.75) is 19.6 Å². The van der Waals surface area contributed by atoms with Crippen LogP contribution in [-0.4, -0.2) is 22.3 Å². The topological polar surface area (TPSA) is 69.6 Å². The number of esters is 2. The fourth-order valence-electron chi connectivity index (χ4n) is 2.29. The fraction of sp³-hybridized carbons (Fsp3) is 0.250. The summed E-state index contributed by atoms with van der Waals surface area (Å²) in [4.78, 5) is 23.7. The van der Waals surface area contributed by atoms with Gasteiger partial charge in [0.15, 0.2) is 5.57 Å². The lowest BCUT2D eigenvalue weighted by molar-refractivity contribution is -0.222. The number of nitrogens with one attached hydrogen (secondary N) is 1. The van der Waals surface area contributed by atoms with Crippen molar-refractivity contribution in [2.24, 2.45) is 7.05 Å². The Hall–Kier alpha value is -2.76. The average molecular weight is 300 g/mol. The third kappa shape index (κ3) is 2.55. The Labute approximate surface area is 127 Å². The van der Waals surface area contributed by atoms with Crippen LogP contribution in [0.2, 0.25) is 0 Å². The zero-order valence-electron chi connectivity index (χ0n) is 12.5. The van der Waals surface area contributed by atoms with E-state index in [4.69, 9.17) is 9.47 Å². The van der Waals surface area contributed by atoms with E-state index < -0.39 is 17.7 Å². The van der Waals surface area contributed by atoms with E-state index in [1.807, 2.05) is 42.1 Å². The molecule has 3 rings (SSSR count).